The van der Waals surface area contributed by atoms with E-state index in [9.17, 15) is 4.79 Å². The molecule has 2 aliphatic rings. The van der Waals surface area contributed by atoms with Gasteiger partial charge in [0.05, 0.1) is 13.3 Å². The number of aryl methyl sites for hydroxylation is 1. The average molecular weight is 381 g/mol. The van der Waals surface area contributed by atoms with Gasteiger partial charge in [0.1, 0.15) is 0 Å². The molecule has 1 aromatic carbocycles. The molecule has 1 aromatic heterocycles. The summed E-state index contributed by atoms with van der Waals surface area (Å²) in [6, 6.07) is 10.8. The molecule has 2 aromatic rings. The van der Waals surface area contributed by atoms with Crippen molar-refractivity contribution in [3.63, 3.8) is 0 Å². The summed E-state index contributed by atoms with van der Waals surface area (Å²) in [6.45, 7) is 10.2. The van der Waals surface area contributed by atoms with Crippen LogP contribution in [0, 0.1) is 18.8 Å². The lowest BCUT2D eigenvalue weighted by Gasteiger charge is -2.46. The first-order valence-corrected chi connectivity index (χ1v) is 10.7. The first-order chi connectivity index (χ1) is 13.5. The van der Waals surface area contributed by atoms with E-state index in [2.05, 4.69) is 47.9 Å². The summed E-state index contributed by atoms with van der Waals surface area (Å²) in [5.41, 5.74) is 2.90. The van der Waals surface area contributed by atoms with Crippen LogP contribution in [0.1, 0.15) is 51.3 Å². The van der Waals surface area contributed by atoms with Gasteiger partial charge in [0, 0.05) is 23.0 Å². The molecule has 0 spiro atoms. The van der Waals surface area contributed by atoms with Crippen LogP contribution in [-0.2, 0) is 13.1 Å². The zero-order valence-corrected chi connectivity index (χ0v) is 17.6. The van der Waals surface area contributed by atoms with E-state index < -0.39 is 0 Å². The predicted octanol–water partition coefficient (Wildman–Crippen LogP) is 4.31. The van der Waals surface area contributed by atoms with E-state index in [1.54, 1.807) is 0 Å². The molecule has 0 N–H and O–H groups in total. The van der Waals surface area contributed by atoms with Gasteiger partial charge in [0.2, 0.25) is 5.95 Å². The Hall–Kier alpha value is -2.14. The lowest BCUT2D eigenvalue weighted by molar-refractivity contribution is 0.0491. The Bertz CT molecular complexity index is 891. The van der Waals surface area contributed by atoms with Crippen LogP contribution < -0.4 is 10.5 Å². The third kappa shape index (κ3) is 3.26. The number of anilines is 2. The van der Waals surface area contributed by atoms with E-state index in [1.165, 1.54) is 19.3 Å². The summed E-state index contributed by atoms with van der Waals surface area (Å²) in [5.74, 6) is 2.13. The Morgan fingerprint density at radius 2 is 1.86 bits per heavy atom. The monoisotopic (exact) mass is 380 g/mol. The van der Waals surface area contributed by atoms with Gasteiger partial charge in [-0.2, -0.15) is 0 Å². The summed E-state index contributed by atoms with van der Waals surface area (Å²) < 4.78 is 1.90. The molecule has 5 heteroatoms. The molecular weight excluding hydrogens is 348 g/mol. The SMILES string of the molecule is CCc1c(C)nc2n(c1=O)CN(C1CCCC(C)C1C)CN2c1ccccc1. The first-order valence-electron chi connectivity index (χ1n) is 10.7. The van der Waals surface area contributed by atoms with E-state index in [0.717, 1.165) is 41.9 Å². The third-order valence-electron chi connectivity index (χ3n) is 6.89. The van der Waals surface area contributed by atoms with Gasteiger partial charge in [-0.05, 0) is 43.7 Å². The molecule has 0 amide bonds. The van der Waals surface area contributed by atoms with Crippen LogP contribution in [0.25, 0.3) is 0 Å². The maximum atomic E-state index is 13.3. The van der Waals surface area contributed by atoms with E-state index in [1.807, 2.05) is 24.5 Å². The summed E-state index contributed by atoms with van der Waals surface area (Å²) in [4.78, 5) is 22.9. The highest BCUT2D eigenvalue weighted by atomic mass is 16.1. The Morgan fingerprint density at radius 1 is 1.11 bits per heavy atom. The molecule has 5 nitrogen and oxygen atoms in total. The van der Waals surface area contributed by atoms with Crippen LogP contribution >= 0.6 is 0 Å². The minimum Gasteiger partial charge on any atom is -0.298 e. The second-order valence-electron chi connectivity index (χ2n) is 8.53. The summed E-state index contributed by atoms with van der Waals surface area (Å²) in [6.07, 6.45) is 4.51. The summed E-state index contributed by atoms with van der Waals surface area (Å²) >= 11 is 0. The van der Waals surface area contributed by atoms with Crippen LogP contribution in [-0.4, -0.2) is 27.2 Å². The molecule has 1 aliphatic carbocycles. The highest BCUT2D eigenvalue weighted by Gasteiger charge is 2.36. The average Bonchev–Trinajstić information content (AvgIpc) is 2.70. The van der Waals surface area contributed by atoms with Crippen LogP contribution in [0.3, 0.4) is 0 Å². The van der Waals surface area contributed by atoms with E-state index >= 15 is 0 Å². The van der Waals surface area contributed by atoms with Crippen molar-refractivity contribution < 1.29 is 0 Å². The van der Waals surface area contributed by atoms with Crippen molar-refractivity contribution in [2.24, 2.45) is 11.8 Å². The molecule has 0 radical (unpaired) electrons. The van der Waals surface area contributed by atoms with Crippen LogP contribution in [0.4, 0.5) is 11.6 Å². The van der Waals surface area contributed by atoms with Gasteiger partial charge in [-0.1, -0.05) is 51.8 Å². The van der Waals surface area contributed by atoms with Crippen LogP contribution in [0.15, 0.2) is 35.1 Å². The quantitative estimate of drug-likeness (QED) is 0.796. The number of hydrogen-bond donors (Lipinski definition) is 0. The van der Waals surface area contributed by atoms with Crippen molar-refractivity contribution in [2.45, 2.75) is 66.1 Å². The molecule has 1 saturated carbocycles. The molecule has 4 rings (SSSR count). The molecule has 3 unspecified atom stereocenters. The fraction of sp³-hybridized carbons (Fsp3) is 0.565. The minimum absolute atomic E-state index is 0.118. The number of hydrogen-bond acceptors (Lipinski definition) is 4. The van der Waals surface area contributed by atoms with Crippen molar-refractivity contribution in [1.29, 1.82) is 0 Å². The van der Waals surface area contributed by atoms with Gasteiger partial charge in [0.25, 0.3) is 5.56 Å². The zero-order chi connectivity index (χ0) is 19.8. The van der Waals surface area contributed by atoms with Gasteiger partial charge >= 0.3 is 0 Å². The maximum absolute atomic E-state index is 13.3. The van der Waals surface area contributed by atoms with E-state index in [0.29, 0.717) is 18.6 Å². The largest absolute Gasteiger partial charge is 0.298 e. The normalized spacial score (nSPS) is 25.6. The molecule has 3 atom stereocenters. The van der Waals surface area contributed by atoms with Gasteiger partial charge in [0.15, 0.2) is 0 Å². The smallest absolute Gasteiger partial charge is 0.259 e. The fourth-order valence-corrected chi connectivity index (χ4v) is 4.98. The number of aromatic nitrogens is 2. The molecule has 28 heavy (non-hydrogen) atoms. The minimum atomic E-state index is 0.118. The Morgan fingerprint density at radius 3 is 2.57 bits per heavy atom. The van der Waals surface area contributed by atoms with Crippen molar-refractivity contribution in [1.82, 2.24) is 14.5 Å². The standard InChI is InChI=1S/C23H32N4O/c1-5-20-18(4)24-23-26(19-11-7-6-8-12-19)14-25(15-27(23)22(20)28)21-13-9-10-16(2)17(21)3/h6-8,11-12,16-17,21H,5,9-10,13-15H2,1-4H3. The second-order valence-corrected chi connectivity index (χ2v) is 8.53. The number of para-hydroxylation sites is 1. The van der Waals surface area contributed by atoms with E-state index in [-0.39, 0.29) is 5.56 Å². The van der Waals surface area contributed by atoms with Crippen molar-refractivity contribution in [3.8, 4) is 0 Å². The van der Waals surface area contributed by atoms with Gasteiger partial charge in [-0.25, -0.2) is 4.98 Å². The van der Waals surface area contributed by atoms with Gasteiger partial charge in [-0.15, -0.1) is 0 Å². The zero-order valence-electron chi connectivity index (χ0n) is 17.6. The number of benzene rings is 1. The fourth-order valence-electron chi connectivity index (χ4n) is 4.98. The van der Waals surface area contributed by atoms with E-state index in [4.69, 9.17) is 4.98 Å². The maximum Gasteiger partial charge on any atom is 0.259 e. The summed E-state index contributed by atoms with van der Waals surface area (Å²) in [5, 5.41) is 0. The van der Waals surface area contributed by atoms with Gasteiger partial charge in [-0.3, -0.25) is 19.2 Å². The van der Waals surface area contributed by atoms with Crippen molar-refractivity contribution >= 4 is 11.6 Å². The Balaban J connectivity index is 1.80. The number of nitrogens with zero attached hydrogens (tertiary/aromatic N) is 4. The van der Waals surface area contributed by atoms with Crippen LogP contribution in [0.5, 0.6) is 0 Å². The molecule has 0 bridgehead atoms. The van der Waals surface area contributed by atoms with Crippen molar-refractivity contribution in [3.05, 3.63) is 51.9 Å². The molecule has 150 valence electrons. The first kappa shape index (κ1) is 19.2. The topological polar surface area (TPSA) is 41.4 Å². The second kappa shape index (κ2) is 7.70. The molecule has 1 aliphatic heterocycles. The number of fused-ring (bicyclic) bond motifs is 1. The third-order valence-corrected chi connectivity index (χ3v) is 6.89. The highest BCUT2D eigenvalue weighted by Crippen LogP contribution is 2.36. The lowest BCUT2D eigenvalue weighted by atomic mass is 9.77. The molecule has 1 fully saturated rings. The van der Waals surface area contributed by atoms with Gasteiger partial charge < -0.3 is 0 Å². The Kier molecular flexibility index (Phi) is 5.28. The number of rotatable bonds is 3. The predicted molar refractivity (Wildman–Crippen MR) is 114 cm³/mol. The Labute approximate surface area is 168 Å². The molecular formula is C23H32N4O. The van der Waals surface area contributed by atoms with Crippen LogP contribution in [0.2, 0.25) is 0 Å². The molecule has 2 heterocycles. The molecule has 0 saturated heterocycles. The highest BCUT2D eigenvalue weighted by molar-refractivity contribution is 5.58. The summed E-state index contributed by atoms with van der Waals surface area (Å²) in [7, 11) is 0. The van der Waals surface area contributed by atoms with Crippen molar-refractivity contribution in [2.75, 3.05) is 11.6 Å². The lowest BCUT2D eigenvalue weighted by Crippen LogP contribution is -2.54.